The van der Waals surface area contributed by atoms with E-state index in [4.69, 9.17) is 9.47 Å². The van der Waals surface area contributed by atoms with E-state index >= 15 is 0 Å². The number of carbonyl (C=O) groups is 2. The third-order valence-electron chi connectivity index (χ3n) is 3.35. The largest absolute Gasteiger partial charge is 0.493 e. The summed E-state index contributed by atoms with van der Waals surface area (Å²) in [5, 5.41) is 6.13. The Bertz CT molecular complexity index is 824. The van der Waals surface area contributed by atoms with Crippen molar-refractivity contribution in [3.63, 3.8) is 0 Å². The van der Waals surface area contributed by atoms with Gasteiger partial charge in [-0.05, 0) is 24.3 Å². The van der Waals surface area contributed by atoms with E-state index in [2.05, 4.69) is 15.8 Å². The molecule has 0 radical (unpaired) electrons. The van der Waals surface area contributed by atoms with Crippen LogP contribution in [0.5, 0.6) is 11.5 Å². The second-order valence-corrected chi connectivity index (χ2v) is 5.04. The topological polar surface area (TPSA) is 89.0 Å². The van der Waals surface area contributed by atoms with Gasteiger partial charge >= 0.3 is 0 Å². The van der Waals surface area contributed by atoms with Crippen LogP contribution in [0, 0.1) is 5.82 Å². The van der Waals surface area contributed by atoms with Crippen molar-refractivity contribution in [2.75, 3.05) is 20.8 Å². The molecular weight excluding hydrogens is 341 g/mol. The minimum absolute atomic E-state index is 0.134. The minimum Gasteiger partial charge on any atom is -0.493 e. The first-order chi connectivity index (χ1) is 12.6. The Balaban J connectivity index is 1.90. The number of methoxy groups -OCH3 is 2. The van der Waals surface area contributed by atoms with Crippen LogP contribution in [0.1, 0.15) is 15.9 Å². The molecule has 8 heteroatoms. The van der Waals surface area contributed by atoms with Crippen LogP contribution in [0.4, 0.5) is 4.39 Å². The summed E-state index contributed by atoms with van der Waals surface area (Å²) in [6.45, 7) is -0.347. The number of benzene rings is 2. The molecule has 0 aliphatic carbocycles. The molecule has 0 spiro atoms. The Labute approximate surface area is 149 Å². The van der Waals surface area contributed by atoms with Gasteiger partial charge in [0.25, 0.3) is 11.8 Å². The zero-order chi connectivity index (χ0) is 18.9. The highest BCUT2D eigenvalue weighted by Gasteiger charge is 2.12. The number of para-hydroxylation sites is 1. The lowest BCUT2D eigenvalue weighted by Gasteiger charge is -2.09. The number of ether oxygens (including phenoxy) is 2. The molecule has 2 aromatic carbocycles. The van der Waals surface area contributed by atoms with E-state index in [1.807, 2.05) is 0 Å². The standard InChI is InChI=1S/C18H18FN3O4/c1-25-15-9-5-6-12(17(15)26-2)10-21-22-16(23)11-20-18(24)13-7-3-4-8-14(13)19/h3-10H,11H2,1-2H3,(H,20,24)(H,22,23)/b21-10+. The Morgan fingerprint density at radius 2 is 1.88 bits per heavy atom. The monoisotopic (exact) mass is 359 g/mol. The Morgan fingerprint density at radius 3 is 2.58 bits per heavy atom. The number of nitrogens with zero attached hydrogens (tertiary/aromatic N) is 1. The van der Waals surface area contributed by atoms with Crippen molar-refractivity contribution in [1.82, 2.24) is 10.7 Å². The van der Waals surface area contributed by atoms with Crippen LogP contribution < -0.4 is 20.2 Å². The van der Waals surface area contributed by atoms with Crippen molar-refractivity contribution in [2.45, 2.75) is 0 Å². The second-order valence-electron chi connectivity index (χ2n) is 5.04. The Kier molecular flexibility index (Phi) is 6.67. The van der Waals surface area contributed by atoms with Gasteiger partial charge in [-0.15, -0.1) is 0 Å². The van der Waals surface area contributed by atoms with Gasteiger partial charge in [0.2, 0.25) is 0 Å². The molecular formula is C18H18FN3O4. The molecule has 0 aliphatic rings. The van der Waals surface area contributed by atoms with Crippen LogP contribution in [0.15, 0.2) is 47.6 Å². The number of rotatable bonds is 7. The molecule has 2 amide bonds. The Hall–Kier alpha value is -3.42. The number of carbonyl (C=O) groups excluding carboxylic acids is 2. The maximum absolute atomic E-state index is 13.5. The van der Waals surface area contributed by atoms with Crippen molar-refractivity contribution in [3.8, 4) is 11.5 Å². The number of hydrazone groups is 1. The number of hydrogen-bond donors (Lipinski definition) is 2. The summed E-state index contributed by atoms with van der Waals surface area (Å²) in [4.78, 5) is 23.6. The average Bonchev–Trinajstić information content (AvgIpc) is 2.66. The first kappa shape index (κ1) is 18.9. The normalized spacial score (nSPS) is 10.4. The highest BCUT2D eigenvalue weighted by molar-refractivity contribution is 5.96. The molecule has 0 aliphatic heterocycles. The molecule has 0 bridgehead atoms. The van der Waals surface area contributed by atoms with E-state index in [1.54, 1.807) is 18.2 Å². The van der Waals surface area contributed by atoms with Crippen LogP contribution in [-0.4, -0.2) is 38.8 Å². The summed E-state index contributed by atoms with van der Waals surface area (Å²) in [6, 6.07) is 10.7. The summed E-state index contributed by atoms with van der Waals surface area (Å²) in [7, 11) is 3.00. The lowest BCUT2D eigenvalue weighted by atomic mass is 10.2. The zero-order valence-corrected chi connectivity index (χ0v) is 14.3. The number of hydrogen-bond acceptors (Lipinski definition) is 5. The smallest absolute Gasteiger partial charge is 0.259 e. The van der Waals surface area contributed by atoms with Crippen molar-refractivity contribution in [2.24, 2.45) is 5.10 Å². The van der Waals surface area contributed by atoms with Gasteiger partial charge in [0.05, 0.1) is 32.5 Å². The summed E-state index contributed by atoms with van der Waals surface area (Å²) >= 11 is 0. The van der Waals surface area contributed by atoms with Crippen LogP contribution in [0.3, 0.4) is 0 Å². The van der Waals surface area contributed by atoms with Gasteiger partial charge in [0, 0.05) is 5.56 Å². The highest BCUT2D eigenvalue weighted by atomic mass is 19.1. The number of halogens is 1. The molecule has 26 heavy (non-hydrogen) atoms. The quantitative estimate of drug-likeness (QED) is 0.582. The van der Waals surface area contributed by atoms with Gasteiger partial charge < -0.3 is 14.8 Å². The van der Waals surface area contributed by atoms with Gasteiger partial charge in [-0.25, -0.2) is 9.82 Å². The van der Waals surface area contributed by atoms with Crippen molar-refractivity contribution in [3.05, 3.63) is 59.4 Å². The van der Waals surface area contributed by atoms with Gasteiger partial charge in [0.15, 0.2) is 11.5 Å². The highest BCUT2D eigenvalue weighted by Crippen LogP contribution is 2.29. The minimum atomic E-state index is -0.684. The molecule has 0 unspecified atom stereocenters. The predicted octanol–water partition coefficient (Wildman–Crippen LogP) is 1.72. The molecule has 7 nitrogen and oxygen atoms in total. The third-order valence-corrected chi connectivity index (χ3v) is 3.35. The van der Waals surface area contributed by atoms with Crippen LogP contribution in [-0.2, 0) is 4.79 Å². The molecule has 0 saturated heterocycles. The third kappa shape index (κ3) is 4.79. The summed E-state index contributed by atoms with van der Waals surface area (Å²) in [5.41, 5.74) is 2.73. The first-order valence-electron chi connectivity index (χ1n) is 7.62. The molecule has 2 aromatic rings. The lowest BCUT2D eigenvalue weighted by molar-refractivity contribution is -0.120. The maximum atomic E-state index is 13.5. The van der Waals surface area contributed by atoms with Crippen LogP contribution >= 0.6 is 0 Å². The van der Waals surface area contributed by atoms with Gasteiger partial charge in [-0.3, -0.25) is 9.59 Å². The molecule has 2 N–H and O–H groups in total. The molecule has 136 valence electrons. The van der Waals surface area contributed by atoms with E-state index < -0.39 is 17.6 Å². The van der Waals surface area contributed by atoms with Gasteiger partial charge in [-0.1, -0.05) is 18.2 Å². The van der Waals surface area contributed by atoms with Crippen molar-refractivity contribution >= 4 is 18.0 Å². The predicted molar refractivity (Wildman–Crippen MR) is 94.0 cm³/mol. The van der Waals surface area contributed by atoms with E-state index in [0.717, 1.165) is 0 Å². The average molecular weight is 359 g/mol. The number of amides is 2. The summed E-state index contributed by atoms with van der Waals surface area (Å²) in [5.74, 6) is -0.904. The van der Waals surface area contributed by atoms with E-state index in [1.165, 1.54) is 44.7 Å². The van der Waals surface area contributed by atoms with E-state index in [-0.39, 0.29) is 12.1 Å². The Morgan fingerprint density at radius 1 is 1.12 bits per heavy atom. The number of nitrogens with one attached hydrogen (secondary N) is 2. The van der Waals surface area contributed by atoms with Crippen LogP contribution in [0.25, 0.3) is 0 Å². The molecule has 0 atom stereocenters. The zero-order valence-electron chi connectivity index (χ0n) is 14.3. The molecule has 2 rings (SSSR count). The summed E-state index contributed by atoms with van der Waals surface area (Å²) in [6.07, 6.45) is 1.39. The second kappa shape index (κ2) is 9.16. The van der Waals surface area contributed by atoms with Gasteiger partial charge in [0.1, 0.15) is 5.82 Å². The fourth-order valence-electron chi connectivity index (χ4n) is 2.13. The molecule has 0 aromatic heterocycles. The van der Waals surface area contributed by atoms with Crippen molar-refractivity contribution in [1.29, 1.82) is 0 Å². The maximum Gasteiger partial charge on any atom is 0.259 e. The fraction of sp³-hybridized carbons (Fsp3) is 0.167. The first-order valence-corrected chi connectivity index (χ1v) is 7.62. The molecule has 0 fully saturated rings. The molecule has 0 saturated carbocycles. The van der Waals surface area contributed by atoms with E-state index in [0.29, 0.717) is 17.1 Å². The van der Waals surface area contributed by atoms with Gasteiger partial charge in [-0.2, -0.15) is 5.10 Å². The lowest BCUT2D eigenvalue weighted by Crippen LogP contribution is -2.35. The summed E-state index contributed by atoms with van der Waals surface area (Å²) < 4.78 is 23.9. The SMILES string of the molecule is COc1cccc(/C=N/NC(=O)CNC(=O)c2ccccc2F)c1OC. The van der Waals surface area contributed by atoms with E-state index in [9.17, 15) is 14.0 Å². The van der Waals surface area contributed by atoms with Crippen molar-refractivity contribution < 1.29 is 23.5 Å². The fourth-order valence-corrected chi connectivity index (χ4v) is 2.13. The van der Waals surface area contributed by atoms with Crippen LogP contribution in [0.2, 0.25) is 0 Å². The molecule has 0 heterocycles.